The Kier molecular flexibility index (Phi) is 2.64. The Morgan fingerprint density at radius 2 is 2.54 bits per heavy atom. The number of amides is 1. The lowest BCUT2D eigenvalue weighted by atomic mass is 10.0. The van der Waals surface area contributed by atoms with E-state index < -0.39 is 0 Å². The van der Waals surface area contributed by atoms with E-state index in [0.717, 1.165) is 25.8 Å². The lowest BCUT2D eigenvalue weighted by Crippen LogP contribution is -2.13. The lowest BCUT2D eigenvalue weighted by Gasteiger charge is -2.04. The molecule has 1 fully saturated rings. The summed E-state index contributed by atoms with van der Waals surface area (Å²) in [4.78, 5) is 10.9. The molecule has 0 aliphatic carbocycles. The molecule has 1 amide bonds. The molecule has 1 aromatic rings. The van der Waals surface area contributed by atoms with Crippen molar-refractivity contribution in [2.24, 2.45) is 5.92 Å². The Balaban J connectivity index is 1.77. The Hall–Kier alpha value is -0.830. The molecule has 1 aromatic heterocycles. The topological polar surface area (TPSA) is 29.1 Å². The number of carbonyl (C=O) groups is 1. The van der Waals surface area contributed by atoms with Crippen molar-refractivity contribution in [3.05, 3.63) is 22.4 Å². The first-order chi connectivity index (χ1) is 6.34. The molecule has 0 radical (unpaired) electrons. The molecule has 0 saturated carbocycles. The maximum absolute atomic E-state index is 10.9. The zero-order valence-electron chi connectivity index (χ0n) is 7.45. The van der Waals surface area contributed by atoms with Crippen molar-refractivity contribution in [3.63, 3.8) is 0 Å². The van der Waals surface area contributed by atoms with Crippen LogP contribution in [0.4, 0.5) is 0 Å². The van der Waals surface area contributed by atoms with Crippen molar-refractivity contribution in [2.75, 3.05) is 6.54 Å². The highest BCUT2D eigenvalue weighted by molar-refractivity contribution is 7.07. The predicted octanol–water partition coefficient (Wildman–Crippen LogP) is 1.82. The van der Waals surface area contributed by atoms with Gasteiger partial charge in [0, 0.05) is 13.0 Å². The number of nitrogens with one attached hydrogen (secondary N) is 1. The second-order valence-corrected chi connectivity index (χ2v) is 4.32. The van der Waals surface area contributed by atoms with Gasteiger partial charge in [-0.05, 0) is 41.1 Å². The largest absolute Gasteiger partial charge is 0.356 e. The van der Waals surface area contributed by atoms with Crippen molar-refractivity contribution in [2.45, 2.75) is 19.3 Å². The molecule has 0 bridgehead atoms. The summed E-state index contributed by atoms with van der Waals surface area (Å²) in [5.74, 6) is 0.780. The van der Waals surface area contributed by atoms with Gasteiger partial charge in [-0.2, -0.15) is 11.3 Å². The van der Waals surface area contributed by atoms with Gasteiger partial charge in [0.2, 0.25) is 5.91 Å². The Morgan fingerprint density at radius 3 is 3.15 bits per heavy atom. The summed E-state index contributed by atoms with van der Waals surface area (Å²) in [6, 6.07) is 2.16. The minimum atomic E-state index is 0.218. The third kappa shape index (κ3) is 2.31. The van der Waals surface area contributed by atoms with Crippen LogP contribution in [0.25, 0.3) is 0 Å². The third-order valence-corrected chi connectivity index (χ3v) is 3.22. The molecule has 3 heteroatoms. The zero-order chi connectivity index (χ0) is 9.10. The molecule has 2 heterocycles. The van der Waals surface area contributed by atoms with Crippen LogP contribution >= 0.6 is 11.3 Å². The van der Waals surface area contributed by atoms with E-state index in [1.54, 1.807) is 11.3 Å². The SMILES string of the molecule is O=C1CC(CCc2ccsc2)CN1. The molecule has 70 valence electrons. The monoisotopic (exact) mass is 195 g/mol. The molecule has 2 nitrogen and oxygen atoms in total. The minimum absolute atomic E-state index is 0.218. The first kappa shape index (κ1) is 8.75. The molecular weight excluding hydrogens is 182 g/mol. The van der Waals surface area contributed by atoms with Gasteiger partial charge in [-0.25, -0.2) is 0 Å². The van der Waals surface area contributed by atoms with E-state index in [1.807, 2.05) is 0 Å². The number of hydrogen-bond donors (Lipinski definition) is 1. The van der Waals surface area contributed by atoms with Crippen LogP contribution in [-0.2, 0) is 11.2 Å². The molecule has 0 aromatic carbocycles. The summed E-state index contributed by atoms with van der Waals surface area (Å²) in [6.07, 6.45) is 2.97. The molecule has 2 rings (SSSR count). The van der Waals surface area contributed by atoms with Gasteiger partial charge in [0.1, 0.15) is 0 Å². The van der Waals surface area contributed by atoms with Gasteiger partial charge in [0.05, 0.1) is 0 Å². The molecule has 1 N–H and O–H groups in total. The predicted molar refractivity (Wildman–Crippen MR) is 53.8 cm³/mol. The van der Waals surface area contributed by atoms with Gasteiger partial charge in [-0.1, -0.05) is 0 Å². The summed E-state index contributed by atoms with van der Waals surface area (Å²) in [6.45, 7) is 0.878. The molecule has 1 unspecified atom stereocenters. The maximum atomic E-state index is 10.9. The maximum Gasteiger partial charge on any atom is 0.220 e. The summed E-state index contributed by atoms with van der Waals surface area (Å²) in [5.41, 5.74) is 1.41. The lowest BCUT2D eigenvalue weighted by molar-refractivity contribution is -0.119. The number of hydrogen-bond acceptors (Lipinski definition) is 2. The van der Waals surface area contributed by atoms with Gasteiger partial charge < -0.3 is 5.32 Å². The van der Waals surface area contributed by atoms with Crippen molar-refractivity contribution in [1.29, 1.82) is 0 Å². The van der Waals surface area contributed by atoms with E-state index >= 15 is 0 Å². The van der Waals surface area contributed by atoms with Gasteiger partial charge in [0.25, 0.3) is 0 Å². The number of aryl methyl sites for hydroxylation is 1. The number of thiophene rings is 1. The van der Waals surface area contributed by atoms with Crippen molar-refractivity contribution in [1.82, 2.24) is 5.32 Å². The average Bonchev–Trinajstić information content (AvgIpc) is 2.71. The highest BCUT2D eigenvalue weighted by atomic mass is 32.1. The second kappa shape index (κ2) is 3.92. The van der Waals surface area contributed by atoms with E-state index in [4.69, 9.17) is 0 Å². The first-order valence-corrected chi connectivity index (χ1v) is 5.56. The van der Waals surface area contributed by atoms with E-state index in [-0.39, 0.29) is 5.91 Å². The Labute approximate surface area is 82.0 Å². The van der Waals surface area contributed by atoms with Crippen molar-refractivity contribution >= 4 is 17.2 Å². The molecular formula is C10H13NOS. The molecule has 1 saturated heterocycles. The Bertz CT molecular complexity index is 281. The van der Waals surface area contributed by atoms with Gasteiger partial charge in [0.15, 0.2) is 0 Å². The summed E-state index contributed by atoms with van der Waals surface area (Å²) >= 11 is 1.74. The van der Waals surface area contributed by atoms with Crippen LogP contribution in [0.3, 0.4) is 0 Å². The van der Waals surface area contributed by atoms with Crippen LogP contribution in [0.1, 0.15) is 18.4 Å². The summed E-state index contributed by atoms with van der Waals surface area (Å²) in [5, 5.41) is 7.15. The highest BCUT2D eigenvalue weighted by Crippen LogP contribution is 2.17. The molecule has 13 heavy (non-hydrogen) atoms. The standard InChI is InChI=1S/C10H13NOS/c12-10-5-9(6-11-10)2-1-8-3-4-13-7-8/h3-4,7,9H,1-2,5-6H2,(H,11,12). The smallest absolute Gasteiger partial charge is 0.220 e. The van der Waals surface area contributed by atoms with Gasteiger partial charge in [-0.15, -0.1) is 0 Å². The van der Waals surface area contributed by atoms with Crippen LogP contribution in [0.15, 0.2) is 16.8 Å². The van der Waals surface area contributed by atoms with Gasteiger partial charge >= 0.3 is 0 Å². The van der Waals surface area contributed by atoms with Gasteiger partial charge in [-0.3, -0.25) is 4.79 Å². The van der Waals surface area contributed by atoms with Crippen molar-refractivity contribution in [3.8, 4) is 0 Å². The number of carbonyl (C=O) groups excluding carboxylic acids is 1. The molecule has 1 aliphatic heterocycles. The zero-order valence-corrected chi connectivity index (χ0v) is 8.27. The van der Waals surface area contributed by atoms with Crippen LogP contribution in [0, 0.1) is 5.92 Å². The second-order valence-electron chi connectivity index (χ2n) is 3.54. The average molecular weight is 195 g/mol. The van der Waals surface area contributed by atoms with E-state index in [0.29, 0.717) is 5.92 Å². The van der Waals surface area contributed by atoms with E-state index in [1.165, 1.54) is 5.56 Å². The van der Waals surface area contributed by atoms with Crippen LogP contribution < -0.4 is 5.32 Å². The normalized spacial score (nSPS) is 21.8. The van der Waals surface area contributed by atoms with E-state index in [9.17, 15) is 4.79 Å². The van der Waals surface area contributed by atoms with Crippen LogP contribution in [0.5, 0.6) is 0 Å². The summed E-state index contributed by atoms with van der Waals surface area (Å²) in [7, 11) is 0. The highest BCUT2D eigenvalue weighted by Gasteiger charge is 2.20. The fourth-order valence-electron chi connectivity index (χ4n) is 1.67. The minimum Gasteiger partial charge on any atom is -0.356 e. The first-order valence-electron chi connectivity index (χ1n) is 4.62. The number of rotatable bonds is 3. The van der Waals surface area contributed by atoms with Crippen molar-refractivity contribution < 1.29 is 4.79 Å². The molecule has 1 atom stereocenters. The van der Waals surface area contributed by atoms with Crippen LogP contribution in [0.2, 0.25) is 0 Å². The van der Waals surface area contributed by atoms with E-state index in [2.05, 4.69) is 22.1 Å². The molecule has 0 spiro atoms. The fourth-order valence-corrected chi connectivity index (χ4v) is 2.38. The quantitative estimate of drug-likeness (QED) is 0.783. The third-order valence-electron chi connectivity index (χ3n) is 2.48. The van der Waals surface area contributed by atoms with Crippen LogP contribution in [-0.4, -0.2) is 12.5 Å². The fraction of sp³-hybridized carbons (Fsp3) is 0.500. The molecule has 1 aliphatic rings. The summed E-state index contributed by atoms with van der Waals surface area (Å²) < 4.78 is 0. The Morgan fingerprint density at radius 1 is 1.62 bits per heavy atom.